The number of hydrogen-bond acceptors (Lipinski definition) is 3. The second-order valence-corrected chi connectivity index (χ2v) is 6.60. The summed E-state index contributed by atoms with van der Waals surface area (Å²) in [4.78, 5) is 25.2. The number of rotatable bonds is 2. The SMILES string of the molecule is CC(C)(C)OC(=O)N1CC(C(=O)c2cc(F)c(Cl)cc2F)C1. The average molecular weight is 332 g/mol. The molecule has 4 nitrogen and oxygen atoms in total. The predicted molar refractivity (Wildman–Crippen MR) is 77.0 cm³/mol. The highest BCUT2D eigenvalue weighted by atomic mass is 35.5. The van der Waals surface area contributed by atoms with E-state index < -0.39 is 35.0 Å². The molecule has 22 heavy (non-hydrogen) atoms. The third-order valence-electron chi connectivity index (χ3n) is 3.18. The average Bonchev–Trinajstić information content (AvgIpc) is 2.29. The highest BCUT2D eigenvalue weighted by Crippen LogP contribution is 2.26. The number of hydrogen-bond donors (Lipinski definition) is 0. The Balaban J connectivity index is 2.00. The maximum atomic E-state index is 13.7. The fourth-order valence-corrected chi connectivity index (χ4v) is 2.20. The van der Waals surface area contributed by atoms with E-state index in [4.69, 9.17) is 16.3 Å². The maximum absolute atomic E-state index is 13.7. The van der Waals surface area contributed by atoms with Gasteiger partial charge >= 0.3 is 6.09 Å². The molecule has 7 heteroatoms. The van der Waals surface area contributed by atoms with Gasteiger partial charge in [0.1, 0.15) is 17.2 Å². The van der Waals surface area contributed by atoms with Crippen molar-refractivity contribution >= 4 is 23.5 Å². The van der Waals surface area contributed by atoms with E-state index in [1.807, 2.05) is 0 Å². The van der Waals surface area contributed by atoms with Crippen LogP contribution in [0.1, 0.15) is 31.1 Å². The molecule has 0 N–H and O–H groups in total. The molecule has 1 saturated heterocycles. The second-order valence-electron chi connectivity index (χ2n) is 6.19. The number of Topliss-reactive ketones (excluding diaryl/α,β-unsaturated/α-hetero) is 1. The molecular weight excluding hydrogens is 316 g/mol. The van der Waals surface area contributed by atoms with E-state index in [2.05, 4.69) is 0 Å². The summed E-state index contributed by atoms with van der Waals surface area (Å²) in [6.07, 6.45) is -0.528. The first-order valence-electron chi connectivity index (χ1n) is 6.75. The van der Waals surface area contributed by atoms with E-state index in [-0.39, 0.29) is 23.7 Å². The molecule has 0 unspecified atom stereocenters. The Hall–Kier alpha value is -1.69. The van der Waals surface area contributed by atoms with Crippen molar-refractivity contribution in [2.45, 2.75) is 26.4 Å². The molecule has 1 aromatic carbocycles. The third-order valence-corrected chi connectivity index (χ3v) is 3.47. The maximum Gasteiger partial charge on any atom is 0.410 e. The van der Waals surface area contributed by atoms with Crippen LogP contribution in [0.4, 0.5) is 13.6 Å². The largest absolute Gasteiger partial charge is 0.444 e. The van der Waals surface area contributed by atoms with Gasteiger partial charge in [0, 0.05) is 13.1 Å². The zero-order valence-corrected chi connectivity index (χ0v) is 13.2. The zero-order valence-electron chi connectivity index (χ0n) is 12.5. The molecule has 1 amide bonds. The molecule has 0 aromatic heterocycles. The monoisotopic (exact) mass is 331 g/mol. The molecule has 1 heterocycles. The summed E-state index contributed by atoms with van der Waals surface area (Å²) < 4.78 is 32.2. The standard InChI is InChI=1S/C15H16ClF2NO3/c1-15(2,3)22-14(21)19-6-8(7-19)13(20)9-4-12(18)10(16)5-11(9)17/h4-5,8H,6-7H2,1-3H3. The van der Waals surface area contributed by atoms with Gasteiger partial charge in [0.05, 0.1) is 16.5 Å². The summed E-state index contributed by atoms with van der Waals surface area (Å²) in [5.41, 5.74) is -0.979. The van der Waals surface area contributed by atoms with Crippen LogP contribution in [0.2, 0.25) is 5.02 Å². The quantitative estimate of drug-likeness (QED) is 0.613. The van der Waals surface area contributed by atoms with Gasteiger partial charge in [0.25, 0.3) is 0 Å². The number of carbonyl (C=O) groups excluding carboxylic acids is 2. The van der Waals surface area contributed by atoms with Gasteiger partial charge in [-0.15, -0.1) is 0 Å². The minimum atomic E-state index is -0.868. The van der Waals surface area contributed by atoms with E-state index in [1.165, 1.54) is 4.90 Å². The molecule has 1 fully saturated rings. The van der Waals surface area contributed by atoms with Crippen LogP contribution in [0, 0.1) is 17.6 Å². The fourth-order valence-electron chi connectivity index (χ4n) is 2.05. The van der Waals surface area contributed by atoms with E-state index in [9.17, 15) is 18.4 Å². The molecule has 120 valence electrons. The van der Waals surface area contributed by atoms with Crippen LogP contribution in [0.3, 0.4) is 0 Å². The van der Waals surface area contributed by atoms with Gasteiger partial charge in [-0.3, -0.25) is 4.79 Å². The number of likely N-dealkylation sites (tertiary alicyclic amines) is 1. The number of halogens is 3. The highest BCUT2D eigenvalue weighted by molar-refractivity contribution is 6.30. The van der Waals surface area contributed by atoms with Crippen LogP contribution in [-0.2, 0) is 4.74 Å². The van der Waals surface area contributed by atoms with Gasteiger partial charge in [-0.2, -0.15) is 0 Å². The summed E-state index contributed by atoms with van der Waals surface area (Å²) in [5, 5.41) is -0.377. The number of ether oxygens (including phenoxy) is 1. The van der Waals surface area contributed by atoms with Crippen LogP contribution in [0.15, 0.2) is 12.1 Å². The molecule has 0 atom stereocenters. The first-order chi connectivity index (χ1) is 10.1. The highest BCUT2D eigenvalue weighted by Gasteiger charge is 2.39. The van der Waals surface area contributed by atoms with Crippen molar-refractivity contribution in [3.63, 3.8) is 0 Å². The Morgan fingerprint density at radius 1 is 1.23 bits per heavy atom. The Bertz CT molecular complexity index is 622. The summed E-state index contributed by atoms with van der Waals surface area (Å²) >= 11 is 5.45. The number of nitrogens with zero attached hydrogens (tertiary/aromatic N) is 1. The lowest BCUT2D eigenvalue weighted by molar-refractivity contribution is 0.00143. The van der Waals surface area contributed by atoms with E-state index >= 15 is 0 Å². The summed E-state index contributed by atoms with van der Waals surface area (Å²) in [6, 6.07) is 1.56. The molecule has 0 spiro atoms. The van der Waals surface area contributed by atoms with Crippen LogP contribution in [0.5, 0.6) is 0 Å². The number of carbonyl (C=O) groups is 2. The molecule has 1 aliphatic rings. The van der Waals surface area contributed by atoms with Crippen molar-refractivity contribution < 1.29 is 23.1 Å². The summed E-state index contributed by atoms with van der Waals surface area (Å²) in [6.45, 7) is 5.45. The first-order valence-corrected chi connectivity index (χ1v) is 7.13. The van der Waals surface area contributed by atoms with Gasteiger partial charge in [0.2, 0.25) is 0 Å². The third kappa shape index (κ3) is 3.55. The van der Waals surface area contributed by atoms with Gasteiger partial charge < -0.3 is 9.64 Å². The lowest BCUT2D eigenvalue weighted by atomic mass is 9.91. The van der Waals surface area contributed by atoms with Crippen molar-refractivity contribution in [2.75, 3.05) is 13.1 Å². The first kappa shape index (κ1) is 16.7. The molecule has 0 aliphatic carbocycles. The Labute approximate surface area is 132 Å². The number of benzene rings is 1. The second kappa shape index (κ2) is 5.83. The van der Waals surface area contributed by atoms with Gasteiger partial charge in [0.15, 0.2) is 5.78 Å². The van der Waals surface area contributed by atoms with E-state index in [1.54, 1.807) is 20.8 Å². The molecular formula is C15H16ClF2NO3. The normalized spacial score (nSPS) is 15.5. The number of ketones is 1. The van der Waals surface area contributed by atoms with Crippen molar-refractivity contribution in [3.05, 3.63) is 34.4 Å². The fraction of sp³-hybridized carbons (Fsp3) is 0.467. The lowest BCUT2D eigenvalue weighted by Crippen LogP contribution is -2.54. The van der Waals surface area contributed by atoms with Crippen molar-refractivity contribution in [2.24, 2.45) is 5.92 Å². The number of amides is 1. The Kier molecular flexibility index (Phi) is 4.42. The van der Waals surface area contributed by atoms with Crippen LogP contribution in [0.25, 0.3) is 0 Å². The minimum absolute atomic E-state index is 0.122. The summed E-state index contributed by atoms with van der Waals surface area (Å²) in [7, 11) is 0. The molecule has 2 rings (SSSR count). The van der Waals surface area contributed by atoms with Crippen LogP contribution >= 0.6 is 11.6 Å². The van der Waals surface area contributed by atoms with Gasteiger partial charge in [-0.25, -0.2) is 13.6 Å². The lowest BCUT2D eigenvalue weighted by Gasteiger charge is -2.38. The van der Waals surface area contributed by atoms with Crippen molar-refractivity contribution in [1.82, 2.24) is 4.90 Å². The van der Waals surface area contributed by atoms with Crippen LogP contribution < -0.4 is 0 Å². The Morgan fingerprint density at radius 3 is 2.36 bits per heavy atom. The zero-order chi connectivity index (χ0) is 16.7. The molecule has 0 saturated carbocycles. The molecule has 1 aromatic rings. The minimum Gasteiger partial charge on any atom is -0.444 e. The van der Waals surface area contributed by atoms with E-state index in [0.717, 1.165) is 12.1 Å². The summed E-state index contributed by atoms with van der Waals surface area (Å²) in [5.74, 6) is -2.84. The predicted octanol–water partition coefficient (Wildman–Crippen LogP) is 3.67. The van der Waals surface area contributed by atoms with Crippen molar-refractivity contribution in [3.8, 4) is 0 Å². The topological polar surface area (TPSA) is 46.6 Å². The molecule has 1 aliphatic heterocycles. The van der Waals surface area contributed by atoms with Crippen molar-refractivity contribution in [1.29, 1.82) is 0 Å². The van der Waals surface area contributed by atoms with Crippen LogP contribution in [-0.4, -0.2) is 35.5 Å². The molecule has 0 radical (unpaired) electrons. The van der Waals surface area contributed by atoms with Gasteiger partial charge in [-0.05, 0) is 32.9 Å². The smallest absolute Gasteiger partial charge is 0.410 e. The Morgan fingerprint density at radius 2 is 1.82 bits per heavy atom. The van der Waals surface area contributed by atoms with E-state index in [0.29, 0.717) is 0 Å². The van der Waals surface area contributed by atoms with Gasteiger partial charge in [-0.1, -0.05) is 11.6 Å². The molecule has 0 bridgehead atoms.